The van der Waals surface area contributed by atoms with E-state index in [4.69, 9.17) is 5.48 Å². The molecule has 0 atom stereocenters. The van der Waals surface area contributed by atoms with Crippen LogP contribution in [0.1, 0.15) is 59.2 Å². The summed E-state index contributed by atoms with van der Waals surface area (Å²) in [6.07, 6.45) is -3.81. The van der Waals surface area contributed by atoms with Crippen molar-refractivity contribution in [2.24, 2.45) is 0 Å². The summed E-state index contributed by atoms with van der Waals surface area (Å²) in [5, 5.41) is -0.276. The first-order valence-corrected chi connectivity index (χ1v) is 16.0. The Bertz CT molecular complexity index is 2080. The van der Waals surface area contributed by atoms with E-state index in [0.29, 0.717) is 23.1 Å². The number of hydrogen-bond donors (Lipinski definition) is 0. The van der Waals surface area contributed by atoms with E-state index >= 15 is 0 Å². The van der Waals surface area contributed by atoms with Crippen LogP contribution in [0.5, 0.6) is 0 Å². The van der Waals surface area contributed by atoms with Crippen LogP contribution in [-0.4, -0.2) is 51.3 Å². The van der Waals surface area contributed by atoms with Gasteiger partial charge in [0, 0.05) is 39.2 Å². The summed E-state index contributed by atoms with van der Waals surface area (Å²) in [5.41, 5.74) is -0.420. The minimum absolute atomic E-state index is 0.0525. The molecular formula is C36H38F4N4O2S. The molecule has 47 heavy (non-hydrogen) atoms. The van der Waals surface area contributed by atoms with Crippen LogP contribution in [0.4, 0.5) is 17.6 Å². The van der Waals surface area contributed by atoms with Crippen LogP contribution in [0.2, 0.25) is 0 Å². The normalized spacial score (nSPS) is 16.6. The maximum Gasteiger partial charge on any atom is 0.416 e. The number of nitrogens with zero attached hydrogens (tertiary/aromatic N) is 4. The zero-order valence-corrected chi connectivity index (χ0v) is 26.5. The molecule has 0 N–H and O–H groups in total. The Morgan fingerprint density at radius 1 is 0.915 bits per heavy atom. The molecule has 5 rings (SSSR count). The van der Waals surface area contributed by atoms with Gasteiger partial charge in [0.1, 0.15) is 12.3 Å². The van der Waals surface area contributed by atoms with E-state index in [1.165, 1.54) is 62.4 Å². The molecule has 4 aromatic rings. The lowest BCUT2D eigenvalue weighted by Gasteiger charge is -2.28. The lowest BCUT2D eigenvalue weighted by Crippen LogP contribution is -2.40. The van der Waals surface area contributed by atoms with Gasteiger partial charge in [-0.05, 0) is 78.9 Å². The van der Waals surface area contributed by atoms with Crippen LogP contribution < -0.4 is 5.56 Å². The molecule has 0 saturated carbocycles. The summed E-state index contributed by atoms with van der Waals surface area (Å²) in [4.78, 5) is 33.0. The quantitative estimate of drug-likeness (QED) is 0.0852. The number of halogens is 4. The second-order valence-corrected chi connectivity index (χ2v) is 11.6. The van der Waals surface area contributed by atoms with Crippen molar-refractivity contribution >= 4 is 17.7 Å². The number of likely N-dealkylation sites (N-methyl/N-ethyl adjacent to an activating group) is 1. The molecule has 1 amide bonds. The van der Waals surface area contributed by atoms with E-state index in [9.17, 15) is 32.6 Å². The molecule has 1 heterocycles. The van der Waals surface area contributed by atoms with Crippen molar-refractivity contribution in [2.45, 2.75) is 63.2 Å². The van der Waals surface area contributed by atoms with Crippen molar-refractivity contribution < 1.29 is 33.3 Å². The molecule has 1 aromatic heterocycles. The first-order valence-electron chi connectivity index (χ1n) is 19.0. The predicted octanol–water partition coefficient (Wildman–Crippen LogP) is 7.22. The monoisotopic (exact) mass is 674 g/mol. The third-order valence-corrected chi connectivity index (χ3v) is 8.56. The fraction of sp³-hybridized carbons (Fsp3) is 0.361. The maximum absolute atomic E-state index is 14.8. The van der Waals surface area contributed by atoms with Gasteiger partial charge in [-0.2, -0.15) is 18.2 Å². The van der Waals surface area contributed by atoms with Crippen LogP contribution in [0.25, 0.3) is 11.1 Å². The molecule has 0 aliphatic heterocycles. The SMILES string of the molecule is [2H]C([2H])(c1ccc(-c2ccc(C(F)(F)F)cc2)cc1)N(C(=O)C([2H])([2H])n1c(SCc2ccc(F)cc2)nc(=O)c2c1CCC2)C([2H])([2H])C([2H])([2H])N(CC)CC. The van der Waals surface area contributed by atoms with Crippen molar-refractivity contribution in [1.29, 1.82) is 0 Å². The molecule has 0 saturated heterocycles. The molecule has 0 spiro atoms. The van der Waals surface area contributed by atoms with Crippen molar-refractivity contribution in [2.75, 3.05) is 26.1 Å². The van der Waals surface area contributed by atoms with Crippen LogP contribution in [0.3, 0.4) is 0 Å². The fourth-order valence-corrected chi connectivity index (χ4v) is 5.88. The Balaban J connectivity index is 1.64. The van der Waals surface area contributed by atoms with Gasteiger partial charge in [0.25, 0.3) is 5.56 Å². The first kappa shape index (κ1) is 25.1. The predicted molar refractivity (Wildman–Crippen MR) is 177 cm³/mol. The van der Waals surface area contributed by atoms with Crippen LogP contribution in [0.15, 0.2) is 82.7 Å². The number of aromatic nitrogens is 2. The van der Waals surface area contributed by atoms with Crippen LogP contribution in [-0.2, 0) is 42.6 Å². The molecule has 0 fully saturated rings. The standard InChI is InChI=1S/C36H38F4N4O2S/c1-3-42(4-2)20-21-43(22-25-8-12-27(13-9-25)28-14-16-29(17-15-28)36(38,39)40)33(45)23-44-32-7-5-6-31(32)34(46)41-35(44)47-24-26-10-18-30(37)19-11-26/h8-19H,3-7,20-24H2,1-2H3/i20D2,21D2,22D2,23D2. The number of hydrogen-bond acceptors (Lipinski definition) is 5. The van der Waals surface area contributed by atoms with E-state index in [1.807, 2.05) is 0 Å². The Morgan fingerprint density at radius 3 is 2.15 bits per heavy atom. The van der Waals surface area contributed by atoms with Gasteiger partial charge in [-0.1, -0.05) is 74.1 Å². The summed E-state index contributed by atoms with van der Waals surface area (Å²) in [6, 6.07) is 14.6. The highest BCUT2D eigenvalue weighted by molar-refractivity contribution is 7.98. The second-order valence-electron chi connectivity index (χ2n) is 10.6. The average Bonchev–Trinajstić information content (AvgIpc) is 3.61. The Hall–Kier alpha value is -3.96. The van der Waals surface area contributed by atoms with Gasteiger partial charge in [-0.3, -0.25) is 9.59 Å². The van der Waals surface area contributed by atoms with Gasteiger partial charge >= 0.3 is 6.18 Å². The van der Waals surface area contributed by atoms with Gasteiger partial charge < -0.3 is 14.4 Å². The number of carbonyl (C=O) groups is 1. The van der Waals surface area contributed by atoms with E-state index in [1.54, 1.807) is 0 Å². The number of thioether (sulfide) groups is 1. The molecule has 3 aromatic carbocycles. The van der Waals surface area contributed by atoms with Gasteiger partial charge in [0.15, 0.2) is 5.16 Å². The van der Waals surface area contributed by atoms with E-state index in [0.717, 1.165) is 45.5 Å². The van der Waals surface area contributed by atoms with E-state index in [-0.39, 0.29) is 58.6 Å². The average molecular weight is 675 g/mol. The summed E-state index contributed by atoms with van der Waals surface area (Å²) < 4.78 is 127. The van der Waals surface area contributed by atoms with Crippen LogP contribution in [0, 0.1) is 5.82 Å². The molecule has 248 valence electrons. The lowest BCUT2D eigenvalue weighted by atomic mass is 10.0. The van der Waals surface area contributed by atoms with Crippen molar-refractivity contribution in [1.82, 2.24) is 19.4 Å². The summed E-state index contributed by atoms with van der Waals surface area (Å²) in [7, 11) is 0. The number of carbonyl (C=O) groups excluding carboxylic acids is 1. The van der Waals surface area contributed by atoms with Crippen LogP contribution >= 0.6 is 11.8 Å². The van der Waals surface area contributed by atoms with Gasteiger partial charge in [0.2, 0.25) is 5.91 Å². The minimum atomic E-state index is -4.57. The first-order chi connectivity index (χ1) is 25.6. The fourth-order valence-electron chi connectivity index (χ4n) is 4.96. The Labute approximate surface area is 287 Å². The molecule has 11 heteroatoms. The Morgan fingerprint density at radius 2 is 1.53 bits per heavy atom. The molecule has 0 radical (unpaired) electrons. The van der Waals surface area contributed by atoms with E-state index < -0.39 is 55.0 Å². The van der Waals surface area contributed by atoms with Gasteiger partial charge in [-0.25, -0.2) is 4.39 Å². The lowest BCUT2D eigenvalue weighted by molar-refractivity contribution is -0.137. The minimum Gasteiger partial charge on any atom is -0.336 e. The summed E-state index contributed by atoms with van der Waals surface area (Å²) >= 11 is 0.859. The third kappa shape index (κ3) is 8.70. The molecular weight excluding hydrogens is 628 g/mol. The van der Waals surface area contributed by atoms with E-state index in [2.05, 4.69) is 4.98 Å². The topological polar surface area (TPSA) is 58.4 Å². The molecule has 0 bridgehead atoms. The molecule has 1 aliphatic carbocycles. The molecule has 6 nitrogen and oxygen atoms in total. The van der Waals surface area contributed by atoms with Gasteiger partial charge in [0.05, 0.1) is 13.8 Å². The summed E-state index contributed by atoms with van der Waals surface area (Å²) in [5.74, 6) is -2.25. The third-order valence-electron chi connectivity index (χ3n) is 7.55. The number of rotatable bonds is 13. The highest BCUT2D eigenvalue weighted by Gasteiger charge is 2.30. The smallest absolute Gasteiger partial charge is 0.336 e. The Kier molecular flexibility index (Phi) is 8.17. The van der Waals surface area contributed by atoms with Gasteiger partial charge in [-0.15, -0.1) is 0 Å². The number of alkyl halides is 3. The van der Waals surface area contributed by atoms with Crippen molar-refractivity contribution in [3.05, 3.63) is 117 Å². The molecule has 0 unspecified atom stereocenters. The number of fused-ring (bicyclic) bond motifs is 1. The zero-order valence-electron chi connectivity index (χ0n) is 33.7. The summed E-state index contributed by atoms with van der Waals surface area (Å²) in [6.45, 7) is -10.3. The van der Waals surface area contributed by atoms with Crippen molar-refractivity contribution in [3.8, 4) is 11.1 Å². The number of amides is 1. The van der Waals surface area contributed by atoms with Crippen molar-refractivity contribution in [3.63, 3.8) is 0 Å². The largest absolute Gasteiger partial charge is 0.416 e. The maximum atomic E-state index is 14.8. The number of benzene rings is 3. The zero-order chi connectivity index (χ0) is 40.7. The second kappa shape index (κ2) is 15.3. The highest BCUT2D eigenvalue weighted by atomic mass is 32.2. The molecule has 1 aliphatic rings. The highest BCUT2D eigenvalue weighted by Crippen LogP contribution is 2.31.